The third-order valence-corrected chi connectivity index (χ3v) is 3.47. The summed E-state index contributed by atoms with van der Waals surface area (Å²) in [4.78, 5) is 25.8. The number of esters is 1. The number of rotatable bonds is 7. The maximum Gasteiger partial charge on any atom is 0.307 e. The normalized spacial score (nSPS) is 10.1. The second-order valence-corrected chi connectivity index (χ2v) is 4.90. The Morgan fingerprint density at radius 3 is 2.72 bits per heavy atom. The van der Waals surface area contributed by atoms with Gasteiger partial charge in [-0.3, -0.25) is 9.59 Å². The first-order chi connectivity index (χ1) is 8.69. The molecule has 0 aliphatic rings. The summed E-state index contributed by atoms with van der Waals surface area (Å²) in [5.74, 6) is -0.280. The highest BCUT2D eigenvalue weighted by Crippen LogP contribution is 2.13. The van der Waals surface area contributed by atoms with Crippen molar-refractivity contribution in [1.29, 1.82) is 0 Å². The molecule has 0 aliphatic carbocycles. The minimum atomic E-state index is -0.282. The van der Waals surface area contributed by atoms with Gasteiger partial charge >= 0.3 is 5.97 Å². The number of hydrogen-bond acceptors (Lipinski definition) is 4. The van der Waals surface area contributed by atoms with Crippen LogP contribution in [0.1, 0.15) is 35.9 Å². The molecule has 0 aliphatic heterocycles. The van der Waals surface area contributed by atoms with Crippen LogP contribution in [0.25, 0.3) is 0 Å². The van der Waals surface area contributed by atoms with Gasteiger partial charge in [-0.15, -0.1) is 11.3 Å². The van der Waals surface area contributed by atoms with Crippen molar-refractivity contribution in [3.05, 3.63) is 22.4 Å². The monoisotopic (exact) mass is 269 g/mol. The fourth-order valence-corrected chi connectivity index (χ4v) is 2.24. The Bertz CT molecular complexity index is 376. The van der Waals surface area contributed by atoms with Crippen LogP contribution in [0, 0.1) is 0 Å². The van der Waals surface area contributed by atoms with Crippen LogP contribution in [0.3, 0.4) is 0 Å². The summed E-state index contributed by atoms with van der Waals surface area (Å²) in [6.07, 6.45) is 2.21. The molecule has 1 heterocycles. The minimum Gasteiger partial charge on any atom is -0.469 e. The molecule has 4 nitrogen and oxygen atoms in total. The number of ether oxygens (including phenoxy) is 1. The lowest BCUT2D eigenvalue weighted by molar-refractivity contribution is -0.140. The van der Waals surface area contributed by atoms with E-state index >= 15 is 0 Å². The van der Waals surface area contributed by atoms with Crippen molar-refractivity contribution in [2.75, 3.05) is 20.2 Å². The molecule has 0 spiro atoms. The molecule has 0 radical (unpaired) electrons. The molecule has 5 heteroatoms. The van der Waals surface area contributed by atoms with Crippen molar-refractivity contribution in [3.63, 3.8) is 0 Å². The van der Waals surface area contributed by atoms with Gasteiger partial charge in [-0.05, 0) is 17.9 Å². The molecule has 18 heavy (non-hydrogen) atoms. The van der Waals surface area contributed by atoms with E-state index in [1.54, 1.807) is 4.90 Å². The third-order valence-electron chi connectivity index (χ3n) is 2.61. The number of carbonyl (C=O) groups excluding carboxylic acids is 2. The van der Waals surface area contributed by atoms with Gasteiger partial charge in [0.1, 0.15) is 0 Å². The van der Waals surface area contributed by atoms with E-state index in [2.05, 4.69) is 11.7 Å². The second kappa shape index (κ2) is 7.87. The Balaban J connectivity index is 2.59. The Kier molecular flexibility index (Phi) is 6.43. The molecule has 1 amide bonds. The van der Waals surface area contributed by atoms with Crippen molar-refractivity contribution in [1.82, 2.24) is 4.90 Å². The lowest BCUT2D eigenvalue weighted by atomic mass is 10.2. The topological polar surface area (TPSA) is 46.6 Å². The Hall–Kier alpha value is -1.36. The van der Waals surface area contributed by atoms with Gasteiger partial charge in [0, 0.05) is 13.1 Å². The van der Waals surface area contributed by atoms with Crippen molar-refractivity contribution in [2.45, 2.75) is 26.2 Å². The van der Waals surface area contributed by atoms with Crippen LogP contribution in [0.15, 0.2) is 17.5 Å². The minimum absolute atomic E-state index is 0.00218. The quantitative estimate of drug-likeness (QED) is 0.715. The maximum absolute atomic E-state index is 12.2. The Morgan fingerprint density at radius 1 is 1.39 bits per heavy atom. The zero-order valence-corrected chi connectivity index (χ0v) is 11.7. The highest BCUT2D eigenvalue weighted by atomic mass is 32.1. The van der Waals surface area contributed by atoms with E-state index in [0.717, 1.165) is 17.7 Å². The number of thiophene rings is 1. The van der Waals surface area contributed by atoms with Crippen molar-refractivity contribution < 1.29 is 14.3 Å². The average molecular weight is 269 g/mol. The van der Waals surface area contributed by atoms with Gasteiger partial charge in [0.05, 0.1) is 18.4 Å². The molecular formula is C13H19NO3S. The number of hydrogen-bond donors (Lipinski definition) is 0. The lowest BCUT2D eigenvalue weighted by Crippen LogP contribution is -2.33. The number of unbranched alkanes of at least 4 members (excludes halogenated alkanes) is 1. The molecule has 0 bridgehead atoms. The molecule has 0 unspecified atom stereocenters. The summed E-state index contributed by atoms with van der Waals surface area (Å²) >= 11 is 1.43. The zero-order valence-electron chi connectivity index (χ0n) is 10.8. The summed E-state index contributed by atoms with van der Waals surface area (Å²) in [5.41, 5.74) is 0. The fourth-order valence-electron chi connectivity index (χ4n) is 1.55. The van der Waals surface area contributed by atoms with Crippen LogP contribution in [0.5, 0.6) is 0 Å². The number of methoxy groups -OCH3 is 1. The van der Waals surface area contributed by atoms with E-state index in [1.807, 2.05) is 17.5 Å². The van der Waals surface area contributed by atoms with E-state index in [0.29, 0.717) is 13.1 Å². The van der Waals surface area contributed by atoms with Crippen LogP contribution >= 0.6 is 11.3 Å². The van der Waals surface area contributed by atoms with Crippen LogP contribution in [0.2, 0.25) is 0 Å². The van der Waals surface area contributed by atoms with Crippen molar-refractivity contribution in [3.8, 4) is 0 Å². The molecule has 1 aromatic rings. The van der Waals surface area contributed by atoms with Gasteiger partial charge in [-0.25, -0.2) is 0 Å². The van der Waals surface area contributed by atoms with E-state index in [4.69, 9.17) is 0 Å². The summed E-state index contributed by atoms with van der Waals surface area (Å²) in [6, 6.07) is 3.67. The van der Waals surface area contributed by atoms with E-state index in [-0.39, 0.29) is 18.3 Å². The second-order valence-electron chi connectivity index (χ2n) is 3.95. The van der Waals surface area contributed by atoms with E-state index < -0.39 is 0 Å². The van der Waals surface area contributed by atoms with Gasteiger partial charge in [0.25, 0.3) is 5.91 Å². The highest BCUT2D eigenvalue weighted by molar-refractivity contribution is 7.12. The molecule has 0 saturated heterocycles. The van der Waals surface area contributed by atoms with Gasteiger partial charge in [-0.1, -0.05) is 19.4 Å². The van der Waals surface area contributed by atoms with E-state index in [9.17, 15) is 9.59 Å². The summed E-state index contributed by atoms with van der Waals surface area (Å²) in [7, 11) is 1.36. The van der Waals surface area contributed by atoms with Gasteiger partial charge in [-0.2, -0.15) is 0 Å². The molecular weight excluding hydrogens is 250 g/mol. The molecule has 1 aromatic heterocycles. The SMILES string of the molecule is CCCCN(CCC(=O)OC)C(=O)c1cccs1. The molecule has 0 saturated carbocycles. The summed E-state index contributed by atoms with van der Waals surface area (Å²) in [6.45, 7) is 3.18. The molecule has 0 atom stereocenters. The summed E-state index contributed by atoms with van der Waals surface area (Å²) < 4.78 is 4.60. The predicted octanol–water partition coefficient (Wildman–Crippen LogP) is 2.55. The molecule has 100 valence electrons. The Labute approximate surface area is 112 Å². The van der Waals surface area contributed by atoms with Gasteiger partial charge in [0.2, 0.25) is 0 Å². The highest BCUT2D eigenvalue weighted by Gasteiger charge is 2.17. The van der Waals surface area contributed by atoms with Gasteiger partial charge < -0.3 is 9.64 Å². The summed E-state index contributed by atoms with van der Waals surface area (Å²) in [5, 5.41) is 1.88. The average Bonchev–Trinajstić information content (AvgIpc) is 2.91. The number of nitrogens with zero attached hydrogens (tertiary/aromatic N) is 1. The van der Waals surface area contributed by atoms with Crippen LogP contribution in [-0.2, 0) is 9.53 Å². The third kappa shape index (κ3) is 4.49. The zero-order chi connectivity index (χ0) is 13.4. The maximum atomic E-state index is 12.2. The van der Waals surface area contributed by atoms with E-state index in [1.165, 1.54) is 18.4 Å². The van der Waals surface area contributed by atoms with Crippen LogP contribution in [-0.4, -0.2) is 37.0 Å². The predicted molar refractivity (Wildman–Crippen MR) is 71.8 cm³/mol. The molecule has 1 rings (SSSR count). The standard InChI is InChI=1S/C13H19NO3S/c1-3-4-8-14(9-7-12(15)17-2)13(16)11-6-5-10-18-11/h5-6,10H,3-4,7-9H2,1-2H3. The van der Waals surface area contributed by atoms with Crippen LogP contribution in [0.4, 0.5) is 0 Å². The van der Waals surface area contributed by atoms with Crippen molar-refractivity contribution >= 4 is 23.2 Å². The van der Waals surface area contributed by atoms with Crippen molar-refractivity contribution in [2.24, 2.45) is 0 Å². The first kappa shape index (κ1) is 14.7. The first-order valence-corrected chi connectivity index (χ1v) is 6.96. The molecule has 0 fully saturated rings. The molecule has 0 N–H and O–H groups in total. The van der Waals surface area contributed by atoms with Crippen LogP contribution < -0.4 is 0 Å². The number of amides is 1. The van der Waals surface area contributed by atoms with Gasteiger partial charge in [0.15, 0.2) is 0 Å². The fraction of sp³-hybridized carbons (Fsp3) is 0.538. The molecule has 0 aromatic carbocycles. The smallest absolute Gasteiger partial charge is 0.307 e. The largest absolute Gasteiger partial charge is 0.469 e. The number of carbonyl (C=O) groups is 2. The lowest BCUT2D eigenvalue weighted by Gasteiger charge is -2.21. The first-order valence-electron chi connectivity index (χ1n) is 6.08. The Morgan fingerprint density at radius 2 is 2.17 bits per heavy atom.